The van der Waals surface area contributed by atoms with Crippen molar-refractivity contribution in [2.24, 2.45) is 0 Å². The molecule has 2 unspecified atom stereocenters. The highest BCUT2D eigenvalue weighted by atomic mass is 32.1. The number of hydrogen-bond acceptors (Lipinski definition) is 4. The number of thiazole rings is 1. The largest absolute Gasteiger partial charge is 0.381 e. The molecule has 4 heteroatoms. The second-order valence-electron chi connectivity index (χ2n) is 6.06. The van der Waals surface area contributed by atoms with E-state index in [1.54, 1.807) is 11.3 Å². The Bertz CT molecular complexity index is 596. The first kappa shape index (κ1) is 13.3. The lowest BCUT2D eigenvalue weighted by molar-refractivity contribution is 0.193. The van der Waals surface area contributed by atoms with Gasteiger partial charge in [-0.1, -0.05) is 18.6 Å². The van der Waals surface area contributed by atoms with E-state index in [-0.39, 0.29) is 0 Å². The van der Waals surface area contributed by atoms with Crippen molar-refractivity contribution in [3.63, 3.8) is 0 Å². The van der Waals surface area contributed by atoms with Gasteiger partial charge < -0.3 is 5.32 Å². The Hall–Kier alpha value is -1.39. The first-order valence-electron chi connectivity index (χ1n) is 7.91. The molecule has 110 valence electrons. The Labute approximate surface area is 130 Å². The maximum Gasteiger partial charge on any atom is 0.123 e. The van der Waals surface area contributed by atoms with Gasteiger partial charge in [0.2, 0.25) is 0 Å². The minimum absolute atomic E-state index is 0.608. The normalized spacial score (nSPS) is 25.7. The smallest absolute Gasteiger partial charge is 0.123 e. The van der Waals surface area contributed by atoms with Crippen LogP contribution in [0.15, 0.2) is 35.8 Å². The molecule has 2 atom stereocenters. The number of rotatable bonds is 3. The van der Waals surface area contributed by atoms with E-state index in [9.17, 15) is 0 Å². The van der Waals surface area contributed by atoms with Crippen LogP contribution >= 0.6 is 11.3 Å². The summed E-state index contributed by atoms with van der Waals surface area (Å²) < 4.78 is 0. The fraction of sp³-hybridized carbons (Fsp3) is 0.471. The summed E-state index contributed by atoms with van der Waals surface area (Å²) in [7, 11) is 0. The van der Waals surface area contributed by atoms with Crippen molar-refractivity contribution in [2.45, 2.75) is 37.8 Å². The molecule has 21 heavy (non-hydrogen) atoms. The predicted molar refractivity (Wildman–Crippen MR) is 88.8 cm³/mol. The molecular formula is C17H21N3S. The van der Waals surface area contributed by atoms with Gasteiger partial charge in [-0.15, -0.1) is 11.3 Å². The summed E-state index contributed by atoms with van der Waals surface area (Å²) in [5.74, 6) is 0. The molecule has 2 aromatic rings. The number of anilines is 1. The molecule has 0 amide bonds. The van der Waals surface area contributed by atoms with Crippen molar-refractivity contribution in [3.05, 3.63) is 35.8 Å². The summed E-state index contributed by atoms with van der Waals surface area (Å²) in [6.07, 6.45) is 7.26. The van der Waals surface area contributed by atoms with E-state index in [1.807, 2.05) is 11.6 Å². The van der Waals surface area contributed by atoms with Crippen LogP contribution in [0.3, 0.4) is 0 Å². The molecule has 3 heterocycles. The summed E-state index contributed by atoms with van der Waals surface area (Å²) in [6.45, 7) is 2.55. The topological polar surface area (TPSA) is 28.2 Å². The van der Waals surface area contributed by atoms with Gasteiger partial charge >= 0.3 is 0 Å². The van der Waals surface area contributed by atoms with Crippen LogP contribution < -0.4 is 5.32 Å². The zero-order valence-electron chi connectivity index (χ0n) is 12.2. The Balaban J connectivity index is 1.51. The summed E-state index contributed by atoms with van der Waals surface area (Å²) in [5.41, 5.74) is 2.45. The van der Waals surface area contributed by atoms with Gasteiger partial charge in [-0.25, -0.2) is 4.98 Å². The molecule has 2 aliphatic heterocycles. The van der Waals surface area contributed by atoms with E-state index in [1.165, 1.54) is 50.0 Å². The first-order valence-corrected chi connectivity index (χ1v) is 8.79. The van der Waals surface area contributed by atoms with E-state index in [2.05, 4.69) is 39.5 Å². The van der Waals surface area contributed by atoms with Crippen LogP contribution in [0.1, 0.15) is 25.7 Å². The molecule has 4 rings (SSSR count). The number of benzene rings is 1. The molecule has 1 aromatic heterocycles. The summed E-state index contributed by atoms with van der Waals surface area (Å²) in [4.78, 5) is 7.08. The number of nitrogens with zero attached hydrogens (tertiary/aromatic N) is 2. The molecule has 0 bridgehead atoms. The van der Waals surface area contributed by atoms with Crippen LogP contribution in [0.25, 0.3) is 10.6 Å². The van der Waals surface area contributed by atoms with Crippen LogP contribution in [0, 0.1) is 0 Å². The fourth-order valence-electron chi connectivity index (χ4n) is 3.74. The Morgan fingerprint density at radius 3 is 3.10 bits per heavy atom. The molecule has 2 aliphatic rings. The van der Waals surface area contributed by atoms with Gasteiger partial charge in [0.15, 0.2) is 0 Å². The zero-order chi connectivity index (χ0) is 14.1. The van der Waals surface area contributed by atoms with Crippen molar-refractivity contribution in [2.75, 3.05) is 18.4 Å². The standard InChI is InChI=1S/C17H21N3S/c1-2-9-20-10-7-15(16(20)6-1)19-14-5-3-4-13(12-14)17-18-8-11-21-17/h3-5,8,11-12,15-16,19H,1-2,6-7,9-10H2. The molecule has 3 nitrogen and oxygen atoms in total. The third-order valence-corrected chi connectivity index (χ3v) is 5.57. The zero-order valence-corrected chi connectivity index (χ0v) is 13.0. The van der Waals surface area contributed by atoms with Crippen LogP contribution in [0.5, 0.6) is 0 Å². The van der Waals surface area contributed by atoms with Crippen molar-refractivity contribution in [1.29, 1.82) is 0 Å². The van der Waals surface area contributed by atoms with E-state index in [4.69, 9.17) is 0 Å². The molecule has 1 aromatic carbocycles. The SMILES string of the molecule is c1cc(NC2CCN3CCCCC23)cc(-c2nccs2)c1. The molecule has 0 spiro atoms. The lowest BCUT2D eigenvalue weighted by atomic mass is 9.99. The van der Waals surface area contributed by atoms with E-state index in [0.717, 1.165) is 11.0 Å². The van der Waals surface area contributed by atoms with Crippen molar-refractivity contribution in [3.8, 4) is 10.6 Å². The van der Waals surface area contributed by atoms with Crippen LogP contribution in [-0.4, -0.2) is 35.1 Å². The highest BCUT2D eigenvalue weighted by molar-refractivity contribution is 7.13. The quantitative estimate of drug-likeness (QED) is 0.933. The van der Waals surface area contributed by atoms with Crippen molar-refractivity contribution >= 4 is 17.0 Å². The van der Waals surface area contributed by atoms with Gasteiger partial charge in [-0.05, 0) is 37.9 Å². The predicted octanol–water partition coefficient (Wildman–Crippen LogP) is 3.85. The second-order valence-corrected chi connectivity index (χ2v) is 6.95. The average Bonchev–Trinajstić information content (AvgIpc) is 3.18. The highest BCUT2D eigenvalue weighted by Gasteiger charge is 2.35. The second kappa shape index (κ2) is 5.78. The molecule has 0 radical (unpaired) electrons. The van der Waals surface area contributed by atoms with E-state index >= 15 is 0 Å². The molecule has 2 fully saturated rings. The maximum absolute atomic E-state index is 4.41. The third kappa shape index (κ3) is 2.70. The van der Waals surface area contributed by atoms with Crippen molar-refractivity contribution in [1.82, 2.24) is 9.88 Å². The Morgan fingerprint density at radius 1 is 1.19 bits per heavy atom. The fourth-order valence-corrected chi connectivity index (χ4v) is 4.37. The number of hydrogen-bond donors (Lipinski definition) is 1. The number of aromatic nitrogens is 1. The van der Waals surface area contributed by atoms with Gasteiger partial charge in [0, 0.05) is 41.5 Å². The molecule has 0 saturated carbocycles. The molecule has 0 aliphatic carbocycles. The minimum Gasteiger partial charge on any atom is -0.381 e. The molecule has 1 N–H and O–H groups in total. The van der Waals surface area contributed by atoms with Gasteiger partial charge in [0.25, 0.3) is 0 Å². The summed E-state index contributed by atoms with van der Waals surface area (Å²) in [6, 6.07) is 10.0. The van der Waals surface area contributed by atoms with Crippen LogP contribution in [0.4, 0.5) is 5.69 Å². The lowest BCUT2D eigenvalue weighted by Gasteiger charge is -2.33. The number of piperidine rings is 1. The van der Waals surface area contributed by atoms with E-state index < -0.39 is 0 Å². The highest BCUT2D eigenvalue weighted by Crippen LogP contribution is 2.30. The minimum atomic E-state index is 0.608. The lowest BCUT2D eigenvalue weighted by Crippen LogP contribution is -2.41. The maximum atomic E-state index is 4.41. The monoisotopic (exact) mass is 299 g/mol. The summed E-state index contributed by atoms with van der Waals surface area (Å²) >= 11 is 1.70. The average molecular weight is 299 g/mol. The van der Waals surface area contributed by atoms with Crippen molar-refractivity contribution < 1.29 is 0 Å². The summed E-state index contributed by atoms with van der Waals surface area (Å²) in [5, 5.41) is 6.91. The number of fused-ring (bicyclic) bond motifs is 1. The molecular weight excluding hydrogens is 278 g/mol. The Morgan fingerprint density at radius 2 is 2.19 bits per heavy atom. The van der Waals surface area contributed by atoms with E-state index in [0.29, 0.717) is 6.04 Å². The number of nitrogens with one attached hydrogen (secondary N) is 1. The van der Waals surface area contributed by atoms with Crippen LogP contribution in [-0.2, 0) is 0 Å². The van der Waals surface area contributed by atoms with Crippen LogP contribution in [0.2, 0.25) is 0 Å². The molecule has 2 saturated heterocycles. The van der Waals surface area contributed by atoms with Gasteiger partial charge in [0.05, 0.1) is 0 Å². The Kier molecular flexibility index (Phi) is 3.65. The first-order chi connectivity index (χ1) is 10.4. The van der Waals surface area contributed by atoms with Gasteiger partial charge in [-0.3, -0.25) is 4.90 Å². The van der Waals surface area contributed by atoms with Gasteiger partial charge in [0.1, 0.15) is 5.01 Å². The van der Waals surface area contributed by atoms with Gasteiger partial charge in [-0.2, -0.15) is 0 Å². The third-order valence-electron chi connectivity index (χ3n) is 4.75.